The van der Waals surface area contributed by atoms with Gasteiger partial charge in [-0.3, -0.25) is 0 Å². The van der Waals surface area contributed by atoms with Crippen LogP contribution >= 0.6 is 27.5 Å². The van der Waals surface area contributed by atoms with Crippen molar-refractivity contribution in [3.8, 4) is 0 Å². The van der Waals surface area contributed by atoms with E-state index in [-0.39, 0.29) is 0 Å². The lowest BCUT2D eigenvalue weighted by Gasteiger charge is -2.11. The number of aromatic nitrogens is 2. The van der Waals surface area contributed by atoms with Gasteiger partial charge in [-0.15, -0.1) is 0 Å². The summed E-state index contributed by atoms with van der Waals surface area (Å²) in [6.07, 6.45) is 1.79. The number of anilines is 3. The van der Waals surface area contributed by atoms with Crippen LogP contribution in [0, 0.1) is 6.92 Å². The molecule has 19 heavy (non-hydrogen) atoms. The van der Waals surface area contributed by atoms with E-state index in [9.17, 15) is 0 Å². The number of benzene rings is 1. The largest absolute Gasteiger partial charge is 0.354 e. The molecule has 0 amide bonds. The Balaban J connectivity index is 2.26. The van der Waals surface area contributed by atoms with Crippen LogP contribution in [-0.4, -0.2) is 16.5 Å². The van der Waals surface area contributed by atoms with Crippen LogP contribution in [-0.2, 0) is 0 Å². The quantitative estimate of drug-likeness (QED) is 0.866. The standard InChI is InChI=1S/C13H14BrClN4/c1-3-16-13-17-7-8(2)12(19-13)18-9-4-5-11(15)10(14)6-9/h4-7H,3H2,1-2H3,(H2,16,17,18,19). The van der Waals surface area contributed by atoms with Gasteiger partial charge < -0.3 is 10.6 Å². The maximum Gasteiger partial charge on any atom is 0.224 e. The molecule has 0 bridgehead atoms. The van der Waals surface area contributed by atoms with E-state index >= 15 is 0 Å². The van der Waals surface area contributed by atoms with Gasteiger partial charge in [-0.2, -0.15) is 4.98 Å². The van der Waals surface area contributed by atoms with Gasteiger partial charge in [0.1, 0.15) is 5.82 Å². The molecule has 100 valence electrons. The number of hydrogen-bond donors (Lipinski definition) is 2. The second kappa shape index (κ2) is 6.21. The Morgan fingerprint density at radius 2 is 2.16 bits per heavy atom. The van der Waals surface area contributed by atoms with Gasteiger partial charge in [-0.25, -0.2) is 4.98 Å². The average molecular weight is 342 g/mol. The lowest BCUT2D eigenvalue weighted by atomic mass is 10.3. The molecular weight excluding hydrogens is 328 g/mol. The first-order valence-electron chi connectivity index (χ1n) is 5.89. The second-order valence-corrected chi connectivity index (χ2v) is 5.27. The number of nitrogens with one attached hydrogen (secondary N) is 2. The monoisotopic (exact) mass is 340 g/mol. The fourth-order valence-corrected chi connectivity index (χ4v) is 2.02. The molecule has 2 aromatic rings. The van der Waals surface area contributed by atoms with Gasteiger partial charge in [0.05, 0.1) is 5.02 Å². The molecule has 0 saturated carbocycles. The molecule has 0 atom stereocenters. The van der Waals surface area contributed by atoms with E-state index < -0.39 is 0 Å². The highest BCUT2D eigenvalue weighted by Crippen LogP contribution is 2.27. The Morgan fingerprint density at radius 3 is 2.84 bits per heavy atom. The molecule has 0 unspecified atom stereocenters. The molecule has 2 N–H and O–H groups in total. The van der Waals surface area contributed by atoms with Crippen molar-refractivity contribution in [2.45, 2.75) is 13.8 Å². The van der Waals surface area contributed by atoms with Crippen molar-refractivity contribution in [1.29, 1.82) is 0 Å². The number of hydrogen-bond acceptors (Lipinski definition) is 4. The van der Waals surface area contributed by atoms with E-state index in [2.05, 4.69) is 36.5 Å². The lowest BCUT2D eigenvalue weighted by molar-refractivity contribution is 1.07. The molecule has 2 rings (SSSR count). The minimum absolute atomic E-state index is 0.614. The SMILES string of the molecule is CCNc1ncc(C)c(Nc2ccc(Cl)c(Br)c2)n1. The summed E-state index contributed by atoms with van der Waals surface area (Å²) in [4.78, 5) is 8.64. The molecule has 0 aliphatic heterocycles. The van der Waals surface area contributed by atoms with Crippen molar-refractivity contribution >= 4 is 45.0 Å². The molecule has 1 aromatic heterocycles. The Labute approximate surface area is 125 Å². The topological polar surface area (TPSA) is 49.8 Å². The Kier molecular flexibility index (Phi) is 4.61. The Hall–Kier alpha value is -1.33. The maximum atomic E-state index is 5.97. The fraction of sp³-hybridized carbons (Fsp3) is 0.231. The highest BCUT2D eigenvalue weighted by molar-refractivity contribution is 9.10. The smallest absolute Gasteiger partial charge is 0.224 e. The van der Waals surface area contributed by atoms with E-state index in [0.29, 0.717) is 11.0 Å². The third-order valence-electron chi connectivity index (χ3n) is 2.49. The summed E-state index contributed by atoms with van der Waals surface area (Å²) in [7, 11) is 0. The summed E-state index contributed by atoms with van der Waals surface area (Å²) in [5, 5.41) is 7.03. The van der Waals surface area contributed by atoms with Gasteiger partial charge in [0, 0.05) is 28.5 Å². The number of nitrogens with zero attached hydrogens (tertiary/aromatic N) is 2. The average Bonchev–Trinajstić information content (AvgIpc) is 2.38. The molecule has 1 heterocycles. The van der Waals surface area contributed by atoms with Crippen LogP contribution in [0.4, 0.5) is 17.5 Å². The first-order chi connectivity index (χ1) is 9.10. The van der Waals surface area contributed by atoms with E-state index in [1.54, 1.807) is 6.20 Å². The van der Waals surface area contributed by atoms with Crippen LogP contribution < -0.4 is 10.6 Å². The summed E-state index contributed by atoms with van der Waals surface area (Å²) in [5.74, 6) is 1.39. The van der Waals surface area contributed by atoms with Crippen molar-refractivity contribution in [2.24, 2.45) is 0 Å². The summed E-state index contributed by atoms with van der Waals surface area (Å²) >= 11 is 9.37. The summed E-state index contributed by atoms with van der Waals surface area (Å²) in [5.41, 5.74) is 1.90. The van der Waals surface area contributed by atoms with Crippen LogP contribution in [0.25, 0.3) is 0 Å². The van der Waals surface area contributed by atoms with Crippen LogP contribution in [0.2, 0.25) is 5.02 Å². The summed E-state index contributed by atoms with van der Waals surface area (Å²) in [6.45, 7) is 4.75. The molecule has 4 nitrogen and oxygen atoms in total. The van der Waals surface area contributed by atoms with Gasteiger partial charge in [0.2, 0.25) is 5.95 Å². The van der Waals surface area contributed by atoms with Crippen LogP contribution in [0.5, 0.6) is 0 Å². The third kappa shape index (κ3) is 3.58. The van der Waals surface area contributed by atoms with Crippen molar-refractivity contribution in [3.05, 3.63) is 39.5 Å². The predicted molar refractivity (Wildman–Crippen MR) is 83.4 cm³/mol. The minimum atomic E-state index is 0.614. The van der Waals surface area contributed by atoms with Gasteiger partial charge in [0.25, 0.3) is 0 Å². The van der Waals surface area contributed by atoms with E-state index in [1.807, 2.05) is 32.0 Å². The fourth-order valence-electron chi connectivity index (χ4n) is 1.52. The van der Waals surface area contributed by atoms with Gasteiger partial charge >= 0.3 is 0 Å². The highest BCUT2D eigenvalue weighted by Gasteiger charge is 2.05. The summed E-state index contributed by atoms with van der Waals surface area (Å²) in [6, 6.07) is 5.65. The molecule has 0 spiro atoms. The molecule has 0 fully saturated rings. The molecular formula is C13H14BrClN4. The van der Waals surface area contributed by atoms with Crippen LogP contribution in [0.1, 0.15) is 12.5 Å². The molecule has 0 aliphatic carbocycles. The molecule has 1 aromatic carbocycles. The van der Waals surface area contributed by atoms with Crippen molar-refractivity contribution in [3.63, 3.8) is 0 Å². The number of rotatable bonds is 4. The minimum Gasteiger partial charge on any atom is -0.354 e. The van der Waals surface area contributed by atoms with Crippen LogP contribution in [0.15, 0.2) is 28.9 Å². The summed E-state index contributed by atoms with van der Waals surface area (Å²) < 4.78 is 0.845. The highest BCUT2D eigenvalue weighted by atomic mass is 79.9. The number of halogens is 2. The number of aryl methyl sites for hydroxylation is 1. The van der Waals surface area contributed by atoms with Crippen LogP contribution in [0.3, 0.4) is 0 Å². The van der Waals surface area contributed by atoms with E-state index in [1.165, 1.54) is 0 Å². The zero-order valence-electron chi connectivity index (χ0n) is 10.7. The first-order valence-corrected chi connectivity index (χ1v) is 7.07. The predicted octanol–water partition coefficient (Wildman–Crippen LogP) is 4.38. The molecule has 6 heteroatoms. The van der Waals surface area contributed by atoms with Gasteiger partial charge in [-0.1, -0.05) is 11.6 Å². The van der Waals surface area contributed by atoms with Crippen molar-refractivity contribution < 1.29 is 0 Å². The Morgan fingerprint density at radius 1 is 1.37 bits per heavy atom. The molecule has 0 radical (unpaired) electrons. The zero-order chi connectivity index (χ0) is 13.8. The molecule has 0 saturated heterocycles. The molecule has 0 aliphatic rings. The van der Waals surface area contributed by atoms with E-state index in [0.717, 1.165) is 28.1 Å². The third-order valence-corrected chi connectivity index (χ3v) is 3.70. The van der Waals surface area contributed by atoms with Crippen molar-refractivity contribution in [1.82, 2.24) is 9.97 Å². The lowest BCUT2D eigenvalue weighted by Crippen LogP contribution is -2.05. The Bertz CT molecular complexity index is 589. The zero-order valence-corrected chi connectivity index (χ0v) is 13.0. The van der Waals surface area contributed by atoms with Gasteiger partial charge in [0.15, 0.2) is 0 Å². The van der Waals surface area contributed by atoms with Gasteiger partial charge in [-0.05, 0) is 48.0 Å². The van der Waals surface area contributed by atoms with Crippen molar-refractivity contribution in [2.75, 3.05) is 17.2 Å². The first kappa shape index (κ1) is 14.1. The van der Waals surface area contributed by atoms with E-state index in [4.69, 9.17) is 11.6 Å². The maximum absolute atomic E-state index is 5.97. The normalized spacial score (nSPS) is 10.3. The second-order valence-electron chi connectivity index (χ2n) is 4.01.